The summed E-state index contributed by atoms with van der Waals surface area (Å²) in [4.78, 5) is 10.9. The Bertz CT molecular complexity index is 674. The van der Waals surface area contributed by atoms with Gasteiger partial charge in [0.15, 0.2) is 0 Å². The molecule has 0 aliphatic carbocycles. The van der Waals surface area contributed by atoms with Gasteiger partial charge in [0.2, 0.25) is 0 Å². The number of rotatable bonds is 8. The molecule has 1 fully saturated rings. The van der Waals surface area contributed by atoms with E-state index in [9.17, 15) is 0 Å². The van der Waals surface area contributed by atoms with Crippen LogP contribution in [-0.2, 0) is 4.74 Å². The maximum absolute atomic E-state index is 5.78. The zero-order valence-electron chi connectivity index (χ0n) is 14.9. The number of methoxy groups -OCH3 is 1. The Morgan fingerprint density at radius 3 is 2.92 bits per heavy atom. The van der Waals surface area contributed by atoms with Crippen molar-refractivity contribution in [2.45, 2.75) is 18.8 Å². The molecule has 134 valence electrons. The van der Waals surface area contributed by atoms with Crippen LogP contribution in [-0.4, -0.2) is 50.5 Å². The topological polar surface area (TPSA) is 56.7 Å². The van der Waals surface area contributed by atoms with Gasteiger partial charge in [0, 0.05) is 38.2 Å². The van der Waals surface area contributed by atoms with Crippen LogP contribution in [0.4, 0.5) is 5.82 Å². The van der Waals surface area contributed by atoms with Crippen LogP contribution >= 0.6 is 0 Å². The van der Waals surface area contributed by atoms with Gasteiger partial charge in [-0.15, -0.1) is 0 Å². The fourth-order valence-electron chi connectivity index (χ4n) is 2.86. The Morgan fingerprint density at radius 2 is 2.12 bits per heavy atom. The summed E-state index contributed by atoms with van der Waals surface area (Å²) in [5.41, 5.74) is 1.07. The second kappa shape index (κ2) is 8.67. The van der Waals surface area contributed by atoms with E-state index in [-0.39, 0.29) is 0 Å². The van der Waals surface area contributed by atoms with Crippen LogP contribution in [0, 0.1) is 0 Å². The zero-order chi connectivity index (χ0) is 17.5. The smallest absolute Gasteiger partial charge is 0.131 e. The highest BCUT2D eigenvalue weighted by molar-refractivity contribution is 5.38. The number of aromatic nitrogens is 2. The molecule has 3 rings (SSSR count). The largest absolute Gasteiger partial charge is 0.497 e. The highest BCUT2D eigenvalue weighted by Gasteiger charge is 2.20. The molecule has 0 spiro atoms. The average Bonchev–Trinajstić information content (AvgIpc) is 3.20. The summed E-state index contributed by atoms with van der Waals surface area (Å²) in [6.45, 7) is 3.09. The SMILES string of the molecule is COc1cccc(OCCCN(C)c2cc(C3CCOC3)ncn2)c1. The predicted octanol–water partition coefficient (Wildman–Crippen LogP) is 2.89. The molecule has 0 saturated carbocycles. The van der Waals surface area contributed by atoms with Crippen LogP contribution in [0.25, 0.3) is 0 Å². The summed E-state index contributed by atoms with van der Waals surface area (Å²) in [5.74, 6) is 2.97. The first-order valence-electron chi connectivity index (χ1n) is 8.64. The van der Waals surface area contributed by atoms with Crippen LogP contribution in [0.5, 0.6) is 11.5 Å². The summed E-state index contributed by atoms with van der Waals surface area (Å²) in [6, 6.07) is 9.73. The molecule has 1 aliphatic rings. The third-order valence-electron chi connectivity index (χ3n) is 4.36. The van der Waals surface area contributed by atoms with Crippen LogP contribution in [0.1, 0.15) is 24.5 Å². The number of hydrogen-bond donors (Lipinski definition) is 0. The minimum atomic E-state index is 0.395. The van der Waals surface area contributed by atoms with Gasteiger partial charge in [-0.05, 0) is 25.0 Å². The molecule has 0 bridgehead atoms. The average molecular weight is 343 g/mol. The number of ether oxygens (including phenoxy) is 3. The molecule has 2 aromatic rings. The lowest BCUT2D eigenvalue weighted by molar-refractivity contribution is 0.193. The van der Waals surface area contributed by atoms with Crippen LogP contribution in [0.2, 0.25) is 0 Å². The van der Waals surface area contributed by atoms with Crippen LogP contribution < -0.4 is 14.4 Å². The van der Waals surface area contributed by atoms with Gasteiger partial charge in [0.25, 0.3) is 0 Å². The Morgan fingerprint density at radius 1 is 1.24 bits per heavy atom. The van der Waals surface area contributed by atoms with E-state index in [1.54, 1.807) is 13.4 Å². The van der Waals surface area contributed by atoms with E-state index in [1.807, 2.05) is 31.3 Å². The van der Waals surface area contributed by atoms with Crippen LogP contribution in [0.15, 0.2) is 36.7 Å². The van der Waals surface area contributed by atoms with Gasteiger partial charge >= 0.3 is 0 Å². The number of nitrogens with zero attached hydrogens (tertiary/aromatic N) is 3. The maximum Gasteiger partial charge on any atom is 0.131 e. The Labute approximate surface area is 148 Å². The lowest BCUT2D eigenvalue weighted by Gasteiger charge is -2.19. The standard InChI is InChI=1S/C19H25N3O3/c1-22(8-4-9-25-17-6-3-5-16(11-17)23-2)19-12-18(20-14-21-19)15-7-10-24-13-15/h3,5-6,11-12,14-15H,4,7-10,13H2,1-2H3. The van der Waals surface area contributed by atoms with E-state index in [0.717, 1.165) is 55.6 Å². The minimum absolute atomic E-state index is 0.395. The number of hydrogen-bond acceptors (Lipinski definition) is 6. The van der Waals surface area contributed by atoms with Crippen molar-refractivity contribution >= 4 is 5.82 Å². The van der Waals surface area contributed by atoms with E-state index in [0.29, 0.717) is 12.5 Å². The third-order valence-corrected chi connectivity index (χ3v) is 4.36. The molecule has 1 atom stereocenters. The van der Waals surface area contributed by atoms with E-state index in [4.69, 9.17) is 14.2 Å². The van der Waals surface area contributed by atoms with Gasteiger partial charge in [-0.3, -0.25) is 0 Å². The fraction of sp³-hybridized carbons (Fsp3) is 0.474. The van der Waals surface area contributed by atoms with Gasteiger partial charge < -0.3 is 19.1 Å². The summed E-state index contributed by atoms with van der Waals surface area (Å²) < 4.78 is 16.4. The van der Waals surface area contributed by atoms with Crippen molar-refractivity contribution in [3.05, 3.63) is 42.4 Å². The molecule has 1 unspecified atom stereocenters. The molecular formula is C19H25N3O3. The van der Waals surface area contributed by atoms with Gasteiger partial charge in [0.1, 0.15) is 23.6 Å². The second-order valence-corrected chi connectivity index (χ2v) is 6.16. The highest BCUT2D eigenvalue weighted by atomic mass is 16.5. The number of benzene rings is 1. The van der Waals surface area contributed by atoms with Gasteiger partial charge in [-0.25, -0.2) is 9.97 Å². The minimum Gasteiger partial charge on any atom is -0.497 e. The van der Waals surface area contributed by atoms with E-state index in [2.05, 4.69) is 20.9 Å². The Hall–Kier alpha value is -2.34. The van der Waals surface area contributed by atoms with E-state index >= 15 is 0 Å². The Kier molecular flexibility index (Phi) is 6.06. The van der Waals surface area contributed by atoms with Gasteiger partial charge in [-0.1, -0.05) is 6.07 Å². The molecule has 1 aromatic carbocycles. The van der Waals surface area contributed by atoms with Crippen LogP contribution in [0.3, 0.4) is 0 Å². The molecule has 25 heavy (non-hydrogen) atoms. The van der Waals surface area contributed by atoms with Crippen molar-refractivity contribution in [1.82, 2.24) is 9.97 Å². The van der Waals surface area contributed by atoms with E-state index in [1.165, 1.54) is 0 Å². The maximum atomic E-state index is 5.78. The summed E-state index contributed by atoms with van der Waals surface area (Å²) >= 11 is 0. The normalized spacial score (nSPS) is 16.6. The first kappa shape index (κ1) is 17.5. The number of anilines is 1. The van der Waals surface area contributed by atoms with Gasteiger partial charge in [-0.2, -0.15) is 0 Å². The zero-order valence-corrected chi connectivity index (χ0v) is 14.9. The molecule has 6 heteroatoms. The molecule has 0 radical (unpaired) electrons. The molecule has 0 N–H and O–H groups in total. The molecule has 0 amide bonds. The first-order chi connectivity index (χ1) is 12.3. The molecular weight excluding hydrogens is 318 g/mol. The van der Waals surface area contributed by atoms with Crippen molar-refractivity contribution in [2.24, 2.45) is 0 Å². The van der Waals surface area contributed by atoms with Gasteiger partial charge in [0.05, 0.1) is 26.0 Å². The molecule has 1 aliphatic heterocycles. The third kappa shape index (κ3) is 4.82. The fourth-order valence-corrected chi connectivity index (χ4v) is 2.86. The quantitative estimate of drug-likeness (QED) is 0.687. The van der Waals surface area contributed by atoms with Crippen molar-refractivity contribution in [2.75, 3.05) is 45.4 Å². The summed E-state index contributed by atoms with van der Waals surface area (Å²) in [6.07, 6.45) is 3.58. The first-order valence-corrected chi connectivity index (χ1v) is 8.64. The summed E-state index contributed by atoms with van der Waals surface area (Å²) in [5, 5.41) is 0. The molecule has 1 aromatic heterocycles. The monoisotopic (exact) mass is 343 g/mol. The van der Waals surface area contributed by atoms with E-state index < -0.39 is 0 Å². The molecule has 1 saturated heterocycles. The van der Waals surface area contributed by atoms with Crippen molar-refractivity contribution in [3.63, 3.8) is 0 Å². The second-order valence-electron chi connectivity index (χ2n) is 6.16. The lowest BCUT2D eigenvalue weighted by Crippen LogP contribution is -2.22. The molecule has 2 heterocycles. The van der Waals surface area contributed by atoms with Crippen molar-refractivity contribution in [3.8, 4) is 11.5 Å². The lowest BCUT2D eigenvalue weighted by atomic mass is 10.0. The Balaban J connectivity index is 1.47. The highest BCUT2D eigenvalue weighted by Crippen LogP contribution is 2.25. The van der Waals surface area contributed by atoms with Crippen molar-refractivity contribution in [1.29, 1.82) is 0 Å². The summed E-state index contributed by atoms with van der Waals surface area (Å²) in [7, 11) is 3.70. The molecule has 6 nitrogen and oxygen atoms in total. The van der Waals surface area contributed by atoms with Crippen molar-refractivity contribution < 1.29 is 14.2 Å². The predicted molar refractivity (Wildman–Crippen MR) is 96.6 cm³/mol.